The second-order valence-corrected chi connectivity index (χ2v) is 3.65. The average Bonchev–Trinajstić information content (AvgIpc) is 2.45. The van der Waals surface area contributed by atoms with E-state index in [4.69, 9.17) is 17.0 Å². The molecule has 1 heterocycles. The van der Waals surface area contributed by atoms with Gasteiger partial charge in [0.25, 0.3) is 0 Å². The van der Waals surface area contributed by atoms with Crippen LogP contribution in [0, 0.1) is 0 Å². The van der Waals surface area contributed by atoms with E-state index in [9.17, 15) is 4.79 Å². The van der Waals surface area contributed by atoms with Crippen LogP contribution in [0.5, 0.6) is 0 Å². The molecule has 1 aliphatic heterocycles. The zero-order chi connectivity index (χ0) is 9.68. The van der Waals surface area contributed by atoms with Crippen LogP contribution in [0.1, 0.15) is 26.2 Å². The van der Waals surface area contributed by atoms with Crippen LogP contribution in [0.15, 0.2) is 0 Å². The molecule has 1 aliphatic rings. The second kappa shape index (κ2) is 5.17. The molecular formula is C9H15NO2S. The Morgan fingerprint density at radius 1 is 1.69 bits per heavy atom. The number of likely N-dealkylation sites (tertiary alicyclic amines) is 1. The average molecular weight is 201 g/mol. The minimum absolute atomic E-state index is 0.205. The number of esters is 1. The molecule has 0 aromatic rings. The molecule has 0 atom stereocenters. The lowest BCUT2D eigenvalue weighted by molar-refractivity contribution is -0.141. The number of thiocarbonyl (C=S) groups is 1. The minimum Gasteiger partial charge on any atom is -0.466 e. The maximum absolute atomic E-state index is 10.4. The van der Waals surface area contributed by atoms with Gasteiger partial charge in [0.15, 0.2) is 0 Å². The first-order valence-corrected chi connectivity index (χ1v) is 5.02. The van der Waals surface area contributed by atoms with Crippen molar-refractivity contribution in [1.29, 1.82) is 0 Å². The highest BCUT2D eigenvalue weighted by molar-refractivity contribution is 7.80. The standard InChI is InChI=1S/C9H15NO2S/c1-8(11)12-7-3-6-10-5-2-4-9(10)13/h2-7H2,1H3. The van der Waals surface area contributed by atoms with E-state index in [1.165, 1.54) is 13.3 Å². The van der Waals surface area contributed by atoms with Crippen LogP contribution in [0.4, 0.5) is 0 Å². The SMILES string of the molecule is CC(=O)OCCCN1CCCC1=S. The summed E-state index contributed by atoms with van der Waals surface area (Å²) >= 11 is 5.16. The molecular weight excluding hydrogens is 186 g/mol. The monoisotopic (exact) mass is 201 g/mol. The van der Waals surface area contributed by atoms with Crippen molar-refractivity contribution in [3.63, 3.8) is 0 Å². The zero-order valence-corrected chi connectivity index (χ0v) is 8.73. The summed E-state index contributed by atoms with van der Waals surface area (Å²) in [7, 11) is 0. The summed E-state index contributed by atoms with van der Waals surface area (Å²) in [6.07, 6.45) is 3.09. The molecule has 0 aromatic heterocycles. The fourth-order valence-corrected chi connectivity index (χ4v) is 1.74. The van der Waals surface area contributed by atoms with Gasteiger partial charge >= 0.3 is 5.97 Å². The number of carbonyl (C=O) groups is 1. The topological polar surface area (TPSA) is 29.5 Å². The molecule has 0 aromatic carbocycles. The Labute approximate surface area is 84.0 Å². The van der Waals surface area contributed by atoms with Crippen molar-refractivity contribution in [2.24, 2.45) is 0 Å². The molecule has 1 saturated heterocycles. The van der Waals surface area contributed by atoms with Crippen molar-refractivity contribution >= 4 is 23.2 Å². The molecule has 0 amide bonds. The predicted molar refractivity (Wildman–Crippen MR) is 54.7 cm³/mol. The van der Waals surface area contributed by atoms with E-state index < -0.39 is 0 Å². The molecule has 0 unspecified atom stereocenters. The van der Waals surface area contributed by atoms with E-state index in [-0.39, 0.29) is 5.97 Å². The highest BCUT2D eigenvalue weighted by Gasteiger charge is 2.15. The highest BCUT2D eigenvalue weighted by Crippen LogP contribution is 2.11. The van der Waals surface area contributed by atoms with Gasteiger partial charge < -0.3 is 9.64 Å². The lowest BCUT2D eigenvalue weighted by atomic mass is 10.4. The Kier molecular flexibility index (Phi) is 4.15. The number of nitrogens with zero attached hydrogens (tertiary/aromatic N) is 1. The number of carbonyl (C=O) groups excluding carboxylic acids is 1. The van der Waals surface area contributed by atoms with Crippen LogP contribution in [-0.4, -0.2) is 35.6 Å². The fourth-order valence-electron chi connectivity index (χ4n) is 1.41. The quantitative estimate of drug-likeness (QED) is 0.390. The third-order valence-corrected chi connectivity index (χ3v) is 2.51. The lowest BCUT2D eigenvalue weighted by Crippen LogP contribution is -2.25. The third-order valence-electron chi connectivity index (χ3n) is 2.05. The molecule has 0 aliphatic carbocycles. The summed E-state index contributed by atoms with van der Waals surface area (Å²) in [6, 6.07) is 0. The Morgan fingerprint density at radius 3 is 3.00 bits per heavy atom. The minimum atomic E-state index is -0.205. The van der Waals surface area contributed by atoms with Crippen LogP contribution in [-0.2, 0) is 9.53 Å². The molecule has 0 bridgehead atoms. The lowest BCUT2D eigenvalue weighted by Gasteiger charge is -2.16. The Hall–Kier alpha value is -0.640. The van der Waals surface area contributed by atoms with Gasteiger partial charge in [0.2, 0.25) is 0 Å². The van der Waals surface area contributed by atoms with Gasteiger partial charge in [-0.15, -0.1) is 0 Å². The first-order valence-electron chi connectivity index (χ1n) is 4.61. The van der Waals surface area contributed by atoms with E-state index in [1.54, 1.807) is 0 Å². The fraction of sp³-hybridized carbons (Fsp3) is 0.778. The summed E-state index contributed by atoms with van der Waals surface area (Å²) in [5, 5.41) is 0. The van der Waals surface area contributed by atoms with Gasteiger partial charge in [0.05, 0.1) is 11.6 Å². The zero-order valence-electron chi connectivity index (χ0n) is 7.91. The van der Waals surface area contributed by atoms with Gasteiger partial charge in [-0.05, 0) is 19.3 Å². The third kappa shape index (κ3) is 3.72. The van der Waals surface area contributed by atoms with Gasteiger partial charge in [0, 0.05) is 20.0 Å². The van der Waals surface area contributed by atoms with Gasteiger partial charge in [-0.3, -0.25) is 4.79 Å². The van der Waals surface area contributed by atoms with E-state index in [0.29, 0.717) is 6.61 Å². The van der Waals surface area contributed by atoms with Gasteiger partial charge in [-0.2, -0.15) is 0 Å². The summed E-state index contributed by atoms with van der Waals surface area (Å²) in [5.74, 6) is -0.205. The molecule has 1 rings (SSSR count). The molecule has 1 fully saturated rings. The Balaban J connectivity index is 2.05. The number of hydrogen-bond acceptors (Lipinski definition) is 3. The van der Waals surface area contributed by atoms with Crippen molar-refractivity contribution in [3.05, 3.63) is 0 Å². The van der Waals surface area contributed by atoms with Gasteiger partial charge in [-0.25, -0.2) is 0 Å². The second-order valence-electron chi connectivity index (χ2n) is 3.18. The number of ether oxygens (including phenoxy) is 1. The van der Waals surface area contributed by atoms with E-state index >= 15 is 0 Å². The molecule has 13 heavy (non-hydrogen) atoms. The molecule has 74 valence electrons. The summed E-state index contributed by atoms with van der Waals surface area (Å²) in [6.45, 7) is 3.93. The first-order chi connectivity index (χ1) is 6.20. The van der Waals surface area contributed by atoms with E-state index in [0.717, 1.165) is 30.9 Å². The van der Waals surface area contributed by atoms with Crippen molar-refractivity contribution in [1.82, 2.24) is 4.90 Å². The normalized spacial score (nSPS) is 16.4. The van der Waals surface area contributed by atoms with Crippen LogP contribution < -0.4 is 0 Å². The largest absolute Gasteiger partial charge is 0.466 e. The molecule has 4 heteroatoms. The smallest absolute Gasteiger partial charge is 0.302 e. The highest BCUT2D eigenvalue weighted by atomic mass is 32.1. The van der Waals surface area contributed by atoms with Gasteiger partial charge in [-0.1, -0.05) is 12.2 Å². The molecule has 0 radical (unpaired) electrons. The van der Waals surface area contributed by atoms with Crippen molar-refractivity contribution in [2.75, 3.05) is 19.7 Å². The van der Waals surface area contributed by atoms with Crippen molar-refractivity contribution < 1.29 is 9.53 Å². The summed E-state index contributed by atoms with van der Waals surface area (Å²) in [4.78, 5) is 13.7. The Morgan fingerprint density at radius 2 is 2.46 bits per heavy atom. The summed E-state index contributed by atoms with van der Waals surface area (Å²) in [5.41, 5.74) is 0. The number of rotatable bonds is 4. The molecule has 0 saturated carbocycles. The maximum Gasteiger partial charge on any atom is 0.302 e. The summed E-state index contributed by atoms with van der Waals surface area (Å²) < 4.78 is 4.83. The molecule has 3 nitrogen and oxygen atoms in total. The van der Waals surface area contributed by atoms with Crippen molar-refractivity contribution in [2.45, 2.75) is 26.2 Å². The van der Waals surface area contributed by atoms with Crippen molar-refractivity contribution in [3.8, 4) is 0 Å². The Bertz CT molecular complexity index is 206. The predicted octanol–water partition coefficient (Wildman–Crippen LogP) is 1.36. The molecule has 0 N–H and O–H groups in total. The maximum atomic E-state index is 10.4. The first kappa shape index (κ1) is 10.4. The molecule has 0 spiro atoms. The van der Waals surface area contributed by atoms with Crippen LogP contribution >= 0.6 is 12.2 Å². The van der Waals surface area contributed by atoms with Crippen LogP contribution in [0.3, 0.4) is 0 Å². The van der Waals surface area contributed by atoms with Crippen LogP contribution in [0.25, 0.3) is 0 Å². The van der Waals surface area contributed by atoms with E-state index in [2.05, 4.69) is 4.90 Å². The van der Waals surface area contributed by atoms with Crippen LogP contribution in [0.2, 0.25) is 0 Å². The number of hydrogen-bond donors (Lipinski definition) is 0. The van der Waals surface area contributed by atoms with E-state index in [1.807, 2.05) is 0 Å². The van der Waals surface area contributed by atoms with Gasteiger partial charge in [0.1, 0.15) is 0 Å².